The SMILES string of the molecule is CNc1cc(Nc2cccn(C(C)C)c2=O)nc2c(C(=O)N[C@@H]3CC[C@H]3F)cnn12. The number of alkyl halides is 1. The van der Waals surface area contributed by atoms with E-state index in [-0.39, 0.29) is 17.2 Å². The van der Waals surface area contributed by atoms with E-state index in [1.807, 2.05) is 13.8 Å². The number of aromatic nitrogens is 4. The highest BCUT2D eigenvalue weighted by molar-refractivity contribution is 6.00. The maximum atomic E-state index is 13.5. The molecule has 1 fully saturated rings. The van der Waals surface area contributed by atoms with E-state index in [1.54, 1.807) is 36.0 Å². The summed E-state index contributed by atoms with van der Waals surface area (Å²) < 4.78 is 16.7. The Kier molecular flexibility index (Phi) is 5.15. The molecule has 2 atom stereocenters. The number of nitrogens with zero attached hydrogens (tertiary/aromatic N) is 4. The lowest BCUT2D eigenvalue weighted by atomic mass is 9.90. The summed E-state index contributed by atoms with van der Waals surface area (Å²) in [4.78, 5) is 29.8. The van der Waals surface area contributed by atoms with Crippen LogP contribution in [0.3, 0.4) is 0 Å². The van der Waals surface area contributed by atoms with Gasteiger partial charge in [0.1, 0.15) is 29.1 Å². The number of nitrogens with one attached hydrogen (secondary N) is 3. The second-order valence-electron chi connectivity index (χ2n) is 7.60. The lowest BCUT2D eigenvalue weighted by Gasteiger charge is -2.30. The van der Waals surface area contributed by atoms with E-state index in [4.69, 9.17) is 0 Å². The van der Waals surface area contributed by atoms with E-state index in [0.717, 1.165) is 0 Å². The van der Waals surface area contributed by atoms with Crippen molar-refractivity contribution >= 4 is 28.9 Å². The Labute approximate surface area is 172 Å². The quantitative estimate of drug-likeness (QED) is 0.573. The van der Waals surface area contributed by atoms with Gasteiger partial charge in [0.2, 0.25) is 0 Å². The average Bonchev–Trinajstić information content (AvgIpc) is 3.15. The largest absolute Gasteiger partial charge is 0.373 e. The molecule has 30 heavy (non-hydrogen) atoms. The zero-order chi connectivity index (χ0) is 21.4. The van der Waals surface area contributed by atoms with Crippen LogP contribution in [0.1, 0.15) is 43.1 Å². The molecule has 0 unspecified atom stereocenters. The number of carbonyl (C=O) groups is 1. The van der Waals surface area contributed by atoms with Crippen LogP contribution in [0, 0.1) is 0 Å². The first-order valence-corrected chi connectivity index (χ1v) is 9.88. The third kappa shape index (κ3) is 3.49. The van der Waals surface area contributed by atoms with Crippen LogP contribution >= 0.6 is 0 Å². The minimum Gasteiger partial charge on any atom is -0.373 e. The van der Waals surface area contributed by atoms with Crippen molar-refractivity contribution < 1.29 is 9.18 Å². The molecule has 10 heteroatoms. The second-order valence-corrected chi connectivity index (χ2v) is 7.60. The first kappa shape index (κ1) is 19.9. The van der Waals surface area contributed by atoms with Gasteiger partial charge in [-0.15, -0.1) is 0 Å². The third-order valence-corrected chi connectivity index (χ3v) is 5.27. The highest BCUT2D eigenvalue weighted by Gasteiger charge is 2.33. The second kappa shape index (κ2) is 7.77. The predicted octanol–water partition coefficient (Wildman–Crippen LogP) is 2.49. The van der Waals surface area contributed by atoms with Gasteiger partial charge in [0.25, 0.3) is 11.5 Å². The van der Waals surface area contributed by atoms with Crippen LogP contribution in [0.2, 0.25) is 0 Å². The number of fused-ring (bicyclic) bond motifs is 1. The van der Waals surface area contributed by atoms with Crippen molar-refractivity contribution in [3.63, 3.8) is 0 Å². The van der Waals surface area contributed by atoms with Crippen LogP contribution < -0.4 is 21.5 Å². The van der Waals surface area contributed by atoms with Crippen molar-refractivity contribution in [2.75, 3.05) is 17.7 Å². The summed E-state index contributed by atoms with van der Waals surface area (Å²) in [6, 6.07) is 4.69. The minimum absolute atomic E-state index is 0.0125. The van der Waals surface area contributed by atoms with Gasteiger partial charge in [0, 0.05) is 25.4 Å². The van der Waals surface area contributed by atoms with Crippen molar-refractivity contribution in [1.29, 1.82) is 0 Å². The summed E-state index contributed by atoms with van der Waals surface area (Å²) in [6.45, 7) is 3.85. The number of rotatable bonds is 6. The molecule has 3 N–H and O–H groups in total. The fraction of sp³-hybridized carbons (Fsp3) is 0.400. The molecule has 3 heterocycles. The summed E-state index contributed by atoms with van der Waals surface area (Å²) in [5.74, 6) is 0.534. The first-order valence-electron chi connectivity index (χ1n) is 9.88. The van der Waals surface area contributed by atoms with Gasteiger partial charge < -0.3 is 20.5 Å². The molecule has 0 saturated heterocycles. The molecule has 4 rings (SSSR count). The van der Waals surface area contributed by atoms with E-state index in [2.05, 4.69) is 26.0 Å². The Morgan fingerprint density at radius 1 is 1.33 bits per heavy atom. The van der Waals surface area contributed by atoms with Crippen molar-refractivity contribution in [3.8, 4) is 0 Å². The van der Waals surface area contributed by atoms with Gasteiger partial charge in [0.15, 0.2) is 5.65 Å². The van der Waals surface area contributed by atoms with Gasteiger partial charge in [-0.1, -0.05) is 0 Å². The molecule has 1 saturated carbocycles. The summed E-state index contributed by atoms with van der Waals surface area (Å²) >= 11 is 0. The molecule has 0 aliphatic heterocycles. The number of halogens is 1. The van der Waals surface area contributed by atoms with E-state index >= 15 is 0 Å². The Morgan fingerprint density at radius 2 is 2.13 bits per heavy atom. The van der Waals surface area contributed by atoms with Crippen molar-refractivity contribution in [2.24, 2.45) is 0 Å². The fourth-order valence-corrected chi connectivity index (χ4v) is 3.38. The van der Waals surface area contributed by atoms with Gasteiger partial charge in [-0.05, 0) is 38.8 Å². The predicted molar refractivity (Wildman–Crippen MR) is 112 cm³/mol. The lowest BCUT2D eigenvalue weighted by Crippen LogP contribution is -2.48. The van der Waals surface area contributed by atoms with E-state index in [0.29, 0.717) is 35.8 Å². The summed E-state index contributed by atoms with van der Waals surface area (Å²) in [6.07, 6.45) is 3.19. The number of hydrogen-bond donors (Lipinski definition) is 3. The summed E-state index contributed by atoms with van der Waals surface area (Å²) in [5, 5.41) is 13.0. The number of pyridine rings is 1. The summed E-state index contributed by atoms with van der Waals surface area (Å²) in [7, 11) is 1.72. The highest BCUT2D eigenvalue weighted by Crippen LogP contribution is 2.25. The zero-order valence-corrected chi connectivity index (χ0v) is 17.0. The molecule has 3 aromatic rings. The Hall–Kier alpha value is -3.43. The molecule has 0 aromatic carbocycles. The molecule has 158 valence electrons. The number of anilines is 3. The number of hydrogen-bond acceptors (Lipinski definition) is 6. The Morgan fingerprint density at radius 3 is 2.77 bits per heavy atom. The molecule has 1 aliphatic rings. The number of amides is 1. The van der Waals surface area contributed by atoms with Crippen molar-refractivity contribution in [1.82, 2.24) is 24.5 Å². The molecule has 3 aromatic heterocycles. The molecule has 0 radical (unpaired) electrons. The molecule has 9 nitrogen and oxygen atoms in total. The van der Waals surface area contributed by atoms with E-state index < -0.39 is 18.1 Å². The Balaban J connectivity index is 1.70. The molecule has 0 spiro atoms. The third-order valence-electron chi connectivity index (χ3n) is 5.27. The molecule has 1 amide bonds. The van der Waals surface area contributed by atoms with Gasteiger partial charge in [-0.25, -0.2) is 9.37 Å². The smallest absolute Gasteiger partial charge is 0.274 e. The highest BCUT2D eigenvalue weighted by atomic mass is 19.1. The van der Waals surface area contributed by atoms with E-state index in [9.17, 15) is 14.0 Å². The van der Waals surface area contributed by atoms with Crippen molar-refractivity contribution in [3.05, 3.63) is 46.5 Å². The van der Waals surface area contributed by atoms with Crippen molar-refractivity contribution in [2.45, 2.75) is 44.9 Å². The normalized spacial score (nSPS) is 18.3. The van der Waals surface area contributed by atoms with Crippen LogP contribution in [0.15, 0.2) is 35.4 Å². The molecular weight excluding hydrogens is 389 g/mol. The maximum Gasteiger partial charge on any atom is 0.274 e. The van der Waals surface area contributed by atoms with Gasteiger partial charge in [0.05, 0.1) is 12.2 Å². The van der Waals surface area contributed by atoms with Crippen LogP contribution in [0.5, 0.6) is 0 Å². The lowest BCUT2D eigenvalue weighted by molar-refractivity contribution is 0.0826. The maximum absolute atomic E-state index is 13.5. The molecule has 1 aliphatic carbocycles. The van der Waals surface area contributed by atoms with Gasteiger partial charge in [-0.3, -0.25) is 9.59 Å². The first-order chi connectivity index (χ1) is 14.4. The minimum atomic E-state index is -1.02. The van der Waals surface area contributed by atoms with Gasteiger partial charge in [-0.2, -0.15) is 9.61 Å². The van der Waals surface area contributed by atoms with Crippen LogP contribution in [-0.4, -0.2) is 44.3 Å². The summed E-state index contributed by atoms with van der Waals surface area (Å²) in [5.41, 5.74) is 0.731. The average molecular weight is 413 g/mol. The van der Waals surface area contributed by atoms with Crippen LogP contribution in [0.25, 0.3) is 5.65 Å². The van der Waals surface area contributed by atoms with Crippen LogP contribution in [-0.2, 0) is 0 Å². The standard InChI is InChI=1S/C20H24FN7O2/c1-11(2)27-8-4-5-15(20(27)30)24-16-9-17(22-3)28-18(26-16)12(10-23-28)19(29)25-14-7-6-13(14)21/h4-5,8-11,13-14,22H,6-7H2,1-3H3,(H,24,26)(H,25,29)/t13-,14-/m1/s1. The van der Waals surface area contributed by atoms with Gasteiger partial charge >= 0.3 is 0 Å². The number of carbonyl (C=O) groups excluding carboxylic acids is 1. The fourth-order valence-electron chi connectivity index (χ4n) is 3.38. The Bertz CT molecular complexity index is 1150. The molecule has 0 bridgehead atoms. The van der Waals surface area contributed by atoms with Crippen LogP contribution in [0.4, 0.5) is 21.7 Å². The topological polar surface area (TPSA) is 105 Å². The monoisotopic (exact) mass is 413 g/mol. The zero-order valence-electron chi connectivity index (χ0n) is 17.0. The molecular formula is C20H24FN7O2. The van der Waals surface area contributed by atoms with E-state index in [1.165, 1.54) is 10.7 Å².